The Balaban J connectivity index is 1.95. The van der Waals surface area contributed by atoms with Gasteiger partial charge in [-0.05, 0) is 38.3 Å². The number of sulfone groups is 1. The second kappa shape index (κ2) is 4.86. The minimum atomic E-state index is -2.84. The van der Waals surface area contributed by atoms with Crippen molar-refractivity contribution in [3.05, 3.63) is 0 Å². The number of rotatable bonds is 2. The quantitative estimate of drug-likeness (QED) is 0.785. The van der Waals surface area contributed by atoms with Gasteiger partial charge >= 0.3 is 0 Å². The largest absolute Gasteiger partial charge is 0.316 e. The van der Waals surface area contributed by atoms with Gasteiger partial charge in [0.2, 0.25) is 0 Å². The van der Waals surface area contributed by atoms with Gasteiger partial charge in [-0.3, -0.25) is 0 Å². The molecule has 0 saturated carbocycles. The van der Waals surface area contributed by atoms with Crippen LogP contribution in [0.15, 0.2) is 0 Å². The highest BCUT2D eigenvalue weighted by Gasteiger charge is 2.33. The van der Waals surface area contributed by atoms with Crippen LogP contribution in [0.25, 0.3) is 0 Å². The van der Waals surface area contributed by atoms with Crippen LogP contribution in [0.2, 0.25) is 0 Å². The molecule has 2 atom stereocenters. The molecule has 0 aromatic heterocycles. The number of hydrogen-bond acceptors (Lipinski definition) is 4. The zero-order valence-corrected chi connectivity index (χ0v) is 11.7. The van der Waals surface area contributed by atoms with Gasteiger partial charge in [0.15, 0.2) is 9.84 Å². The SMILES string of the molecule is CC1CCN(CC2(C)CCNC2)CCS1(=O)=O. The van der Waals surface area contributed by atoms with E-state index in [2.05, 4.69) is 17.1 Å². The van der Waals surface area contributed by atoms with Crippen LogP contribution in [0, 0.1) is 5.41 Å². The summed E-state index contributed by atoms with van der Waals surface area (Å²) in [6.07, 6.45) is 1.98. The monoisotopic (exact) mass is 260 g/mol. The fraction of sp³-hybridized carbons (Fsp3) is 1.00. The summed E-state index contributed by atoms with van der Waals surface area (Å²) in [6, 6.07) is 0. The Morgan fingerprint density at radius 1 is 1.41 bits per heavy atom. The van der Waals surface area contributed by atoms with E-state index >= 15 is 0 Å². The van der Waals surface area contributed by atoms with Crippen molar-refractivity contribution < 1.29 is 8.42 Å². The van der Waals surface area contributed by atoms with E-state index in [9.17, 15) is 8.42 Å². The molecule has 5 heteroatoms. The molecule has 2 aliphatic heterocycles. The maximum absolute atomic E-state index is 11.8. The first-order valence-electron chi connectivity index (χ1n) is 6.56. The Bertz CT molecular complexity index is 361. The number of hydrogen-bond donors (Lipinski definition) is 1. The third-order valence-corrected chi connectivity index (χ3v) is 6.43. The highest BCUT2D eigenvalue weighted by atomic mass is 32.2. The molecular formula is C12H24N2O2S. The molecule has 4 nitrogen and oxygen atoms in total. The zero-order valence-electron chi connectivity index (χ0n) is 10.9. The maximum atomic E-state index is 11.8. The lowest BCUT2D eigenvalue weighted by Crippen LogP contribution is -2.38. The van der Waals surface area contributed by atoms with E-state index in [4.69, 9.17) is 0 Å². The van der Waals surface area contributed by atoms with E-state index in [1.165, 1.54) is 6.42 Å². The molecule has 2 saturated heterocycles. The summed E-state index contributed by atoms with van der Waals surface area (Å²) >= 11 is 0. The molecule has 2 unspecified atom stereocenters. The minimum absolute atomic E-state index is 0.165. The molecule has 0 aliphatic carbocycles. The van der Waals surface area contributed by atoms with Crippen molar-refractivity contribution >= 4 is 9.84 Å². The average molecular weight is 260 g/mol. The zero-order chi connectivity index (χ0) is 12.5. The molecule has 1 N–H and O–H groups in total. The molecule has 0 bridgehead atoms. The van der Waals surface area contributed by atoms with Crippen molar-refractivity contribution in [2.45, 2.75) is 31.9 Å². The molecule has 2 fully saturated rings. The summed E-state index contributed by atoms with van der Waals surface area (Å²) in [5, 5.41) is 3.23. The molecule has 0 aromatic carbocycles. The molecule has 2 aliphatic rings. The van der Waals surface area contributed by atoms with Gasteiger partial charge in [0.1, 0.15) is 0 Å². The lowest BCUT2D eigenvalue weighted by molar-refractivity contribution is 0.186. The fourth-order valence-electron chi connectivity index (χ4n) is 2.81. The van der Waals surface area contributed by atoms with Crippen molar-refractivity contribution in [3.63, 3.8) is 0 Å². The summed E-state index contributed by atoms with van der Waals surface area (Å²) in [4.78, 5) is 2.34. The molecule has 0 spiro atoms. The summed E-state index contributed by atoms with van der Waals surface area (Å²) in [6.45, 7) is 8.97. The van der Waals surface area contributed by atoms with Crippen molar-refractivity contribution in [3.8, 4) is 0 Å². The minimum Gasteiger partial charge on any atom is -0.316 e. The second-order valence-corrected chi connectivity index (χ2v) is 8.52. The summed E-state index contributed by atoms with van der Waals surface area (Å²) < 4.78 is 23.7. The van der Waals surface area contributed by atoms with Gasteiger partial charge in [-0.25, -0.2) is 8.42 Å². The highest BCUT2D eigenvalue weighted by molar-refractivity contribution is 7.92. The maximum Gasteiger partial charge on any atom is 0.154 e. The Morgan fingerprint density at radius 2 is 2.18 bits per heavy atom. The van der Waals surface area contributed by atoms with E-state index in [1.807, 2.05) is 6.92 Å². The van der Waals surface area contributed by atoms with Crippen LogP contribution >= 0.6 is 0 Å². The smallest absolute Gasteiger partial charge is 0.154 e. The van der Waals surface area contributed by atoms with Crippen molar-refractivity contribution in [2.24, 2.45) is 5.41 Å². The number of nitrogens with zero attached hydrogens (tertiary/aromatic N) is 1. The van der Waals surface area contributed by atoms with Crippen LogP contribution in [0.4, 0.5) is 0 Å². The van der Waals surface area contributed by atoms with Crippen molar-refractivity contribution in [1.82, 2.24) is 10.2 Å². The Kier molecular flexibility index (Phi) is 3.80. The summed E-state index contributed by atoms with van der Waals surface area (Å²) in [5.41, 5.74) is 0.331. The lowest BCUT2D eigenvalue weighted by atomic mass is 9.89. The predicted molar refractivity (Wildman–Crippen MR) is 69.9 cm³/mol. The predicted octanol–water partition coefficient (Wildman–Crippen LogP) is 0.495. The van der Waals surface area contributed by atoms with Gasteiger partial charge in [-0.15, -0.1) is 0 Å². The van der Waals surface area contributed by atoms with E-state index in [-0.39, 0.29) is 5.25 Å². The first kappa shape index (κ1) is 13.3. The van der Waals surface area contributed by atoms with Gasteiger partial charge in [0.25, 0.3) is 0 Å². The summed E-state index contributed by atoms with van der Waals surface area (Å²) in [7, 11) is -2.84. The third kappa shape index (κ3) is 3.20. The van der Waals surface area contributed by atoms with Crippen LogP contribution in [0.5, 0.6) is 0 Å². The highest BCUT2D eigenvalue weighted by Crippen LogP contribution is 2.26. The number of nitrogens with one attached hydrogen (secondary N) is 1. The molecule has 0 amide bonds. The Morgan fingerprint density at radius 3 is 2.82 bits per heavy atom. The van der Waals surface area contributed by atoms with Gasteiger partial charge < -0.3 is 10.2 Å². The molecule has 17 heavy (non-hydrogen) atoms. The van der Waals surface area contributed by atoms with Crippen LogP contribution < -0.4 is 5.32 Å². The first-order valence-corrected chi connectivity index (χ1v) is 8.28. The second-order valence-electron chi connectivity index (χ2n) is 5.98. The molecule has 0 aromatic rings. The van der Waals surface area contributed by atoms with Crippen LogP contribution in [0.3, 0.4) is 0 Å². The lowest BCUT2D eigenvalue weighted by Gasteiger charge is -2.30. The van der Waals surface area contributed by atoms with Gasteiger partial charge in [-0.2, -0.15) is 0 Å². The first-order chi connectivity index (χ1) is 7.91. The molecule has 100 valence electrons. The third-order valence-electron chi connectivity index (χ3n) is 4.22. The topological polar surface area (TPSA) is 49.4 Å². The van der Waals surface area contributed by atoms with E-state index in [0.29, 0.717) is 17.7 Å². The summed E-state index contributed by atoms with van der Waals surface area (Å²) in [5.74, 6) is 0.331. The normalized spacial score (nSPS) is 39.1. The Labute approximate surface area is 105 Å². The molecular weight excluding hydrogens is 236 g/mol. The van der Waals surface area contributed by atoms with Crippen molar-refractivity contribution in [1.29, 1.82) is 0 Å². The Hall–Kier alpha value is -0.130. The molecule has 2 heterocycles. The van der Waals surface area contributed by atoms with Gasteiger partial charge in [0, 0.05) is 19.6 Å². The van der Waals surface area contributed by atoms with Gasteiger partial charge in [-0.1, -0.05) is 6.92 Å². The van der Waals surface area contributed by atoms with E-state index < -0.39 is 9.84 Å². The van der Waals surface area contributed by atoms with Crippen LogP contribution in [-0.2, 0) is 9.84 Å². The van der Waals surface area contributed by atoms with Crippen LogP contribution in [-0.4, -0.2) is 57.0 Å². The van der Waals surface area contributed by atoms with E-state index in [0.717, 1.165) is 32.6 Å². The average Bonchev–Trinajstić information content (AvgIpc) is 2.63. The van der Waals surface area contributed by atoms with Crippen molar-refractivity contribution in [2.75, 3.05) is 38.5 Å². The molecule has 0 radical (unpaired) electrons. The van der Waals surface area contributed by atoms with E-state index in [1.54, 1.807) is 0 Å². The fourth-order valence-corrected chi connectivity index (χ4v) is 4.19. The van der Waals surface area contributed by atoms with Crippen LogP contribution in [0.1, 0.15) is 26.7 Å². The van der Waals surface area contributed by atoms with Gasteiger partial charge in [0.05, 0.1) is 11.0 Å². The molecule has 2 rings (SSSR count). The standard InChI is InChI=1S/C12H24N2O2S/c1-11-3-6-14(7-8-17(11,15)16)10-12(2)4-5-13-9-12/h11,13H,3-10H2,1-2H3.